The molecular formula is C27H25N5. The van der Waals surface area contributed by atoms with E-state index >= 15 is 0 Å². The first-order chi connectivity index (χ1) is 15.6. The second-order valence-electron chi connectivity index (χ2n) is 9.22. The molecular weight excluding hydrogens is 394 g/mol. The molecule has 0 amide bonds. The van der Waals surface area contributed by atoms with Crippen LogP contribution in [0.2, 0.25) is 0 Å². The summed E-state index contributed by atoms with van der Waals surface area (Å²) in [6.07, 6.45) is 11.4. The van der Waals surface area contributed by atoms with Crippen molar-refractivity contribution >= 4 is 11.6 Å². The molecule has 3 aromatic rings. The lowest BCUT2D eigenvalue weighted by atomic mass is 9.88. The van der Waals surface area contributed by atoms with Crippen molar-refractivity contribution in [2.45, 2.75) is 38.6 Å². The highest BCUT2D eigenvalue weighted by Crippen LogP contribution is 2.46. The van der Waals surface area contributed by atoms with Crippen LogP contribution in [0.15, 0.2) is 48.9 Å². The third-order valence-electron chi connectivity index (χ3n) is 7.25. The van der Waals surface area contributed by atoms with Crippen LogP contribution >= 0.6 is 0 Å². The highest BCUT2D eigenvalue weighted by Gasteiger charge is 2.33. The molecule has 6 rings (SSSR count). The number of hydrogen-bond acceptors (Lipinski definition) is 4. The van der Waals surface area contributed by atoms with E-state index in [9.17, 15) is 0 Å². The smallest absolute Gasteiger partial charge is 0.153 e. The number of aryl methyl sites for hydroxylation is 1. The van der Waals surface area contributed by atoms with Crippen molar-refractivity contribution < 1.29 is 0 Å². The Morgan fingerprint density at radius 3 is 2.97 bits per heavy atom. The summed E-state index contributed by atoms with van der Waals surface area (Å²) in [6, 6.07) is 8.73. The number of nitrogens with zero attached hydrogens (tertiary/aromatic N) is 5. The molecule has 1 atom stereocenters. The van der Waals surface area contributed by atoms with Gasteiger partial charge in [-0.15, -0.1) is 0 Å². The average molecular weight is 420 g/mol. The van der Waals surface area contributed by atoms with Crippen LogP contribution in [0.25, 0.3) is 17.5 Å². The minimum Gasteiger partial charge on any atom is -0.298 e. The fourth-order valence-electron chi connectivity index (χ4n) is 5.51. The van der Waals surface area contributed by atoms with Crippen molar-refractivity contribution in [3.05, 3.63) is 87.9 Å². The number of fused-ring (bicyclic) bond motifs is 5. The van der Waals surface area contributed by atoms with E-state index in [0.717, 1.165) is 50.3 Å². The Morgan fingerprint density at radius 2 is 2.12 bits per heavy atom. The number of benzene rings is 1. The van der Waals surface area contributed by atoms with Gasteiger partial charge in [0.2, 0.25) is 0 Å². The molecule has 2 aliphatic carbocycles. The molecule has 1 unspecified atom stereocenters. The summed E-state index contributed by atoms with van der Waals surface area (Å²) in [5, 5.41) is 13.6. The highest BCUT2D eigenvalue weighted by molar-refractivity contribution is 5.80. The zero-order chi connectivity index (χ0) is 21.8. The normalized spacial score (nSPS) is 19.3. The monoisotopic (exact) mass is 419 g/mol. The number of rotatable bonds is 3. The predicted molar refractivity (Wildman–Crippen MR) is 125 cm³/mol. The Morgan fingerprint density at radius 1 is 1.22 bits per heavy atom. The number of likely N-dealkylation sites (tertiary alicyclic amines) is 1. The molecule has 1 aliphatic heterocycles. The zero-order valence-corrected chi connectivity index (χ0v) is 18.3. The molecule has 1 saturated heterocycles. The van der Waals surface area contributed by atoms with Gasteiger partial charge in [-0.25, -0.2) is 9.67 Å². The summed E-state index contributed by atoms with van der Waals surface area (Å²) in [5.74, 6) is 1.26. The van der Waals surface area contributed by atoms with Gasteiger partial charge in [-0.3, -0.25) is 4.90 Å². The summed E-state index contributed by atoms with van der Waals surface area (Å²) >= 11 is 0. The van der Waals surface area contributed by atoms with E-state index in [2.05, 4.69) is 52.0 Å². The average Bonchev–Trinajstić information content (AvgIpc) is 3.51. The molecule has 158 valence electrons. The summed E-state index contributed by atoms with van der Waals surface area (Å²) in [5.41, 5.74) is 11.5. The van der Waals surface area contributed by atoms with Crippen molar-refractivity contribution in [2.24, 2.45) is 0 Å². The third kappa shape index (κ3) is 3.03. The van der Waals surface area contributed by atoms with Crippen molar-refractivity contribution in [3.63, 3.8) is 0 Å². The van der Waals surface area contributed by atoms with Gasteiger partial charge in [0.1, 0.15) is 6.07 Å². The minimum atomic E-state index is 0.510. The number of pyridine rings is 1. The predicted octanol–water partition coefficient (Wildman–Crippen LogP) is 4.79. The summed E-state index contributed by atoms with van der Waals surface area (Å²) in [6.45, 7) is 9.19. The molecule has 0 spiro atoms. The van der Waals surface area contributed by atoms with Gasteiger partial charge in [-0.2, -0.15) is 10.4 Å². The third-order valence-corrected chi connectivity index (χ3v) is 7.25. The largest absolute Gasteiger partial charge is 0.298 e. The van der Waals surface area contributed by atoms with Gasteiger partial charge in [0, 0.05) is 43.5 Å². The van der Waals surface area contributed by atoms with E-state index in [1.807, 2.05) is 19.2 Å². The van der Waals surface area contributed by atoms with Crippen molar-refractivity contribution in [2.75, 3.05) is 13.1 Å². The van der Waals surface area contributed by atoms with Crippen LogP contribution in [0.3, 0.4) is 0 Å². The van der Waals surface area contributed by atoms with Gasteiger partial charge in [0.25, 0.3) is 0 Å². The molecule has 0 N–H and O–H groups in total. The molecule has 1 fully saturated rings. The van der Waals surface area contributed by atoms with Gasteiger partial charge >= 0.3 is 0 Å². The van der Waals surface area contributed by atoms with Crippen LogP contribution < -0.4 is 0 Å². The van der Waals surface area contributed by atoms with E-state index in [1.54, 1.807) is 16.5 Å². The van der Waals surface area contributed by atoms with Gasteiger partial charge < -0.3 is 0 Å². The SMILES string of the molecule is C=C1CCc2c1ccc1c2C=C2CCN(Cc3cnn(-c4cc(C)c(C#N)cn4)c3)CC21. The number of aromatic nitrogens is 3. The summed E-state index contributed by atoms with van der Waals surface area (Å²) in [7, 11) is 0. The fourth-order valence-corrected chi connectivity index (χ4v) is 5.51. The maximum absolute atomic E-state index is 9.12. The lowest BCUT2D eigenvalue weighted by Crippen LogP contribution is -2.34. The first-order valence-corrected chi connectivity index (χ1v) is 11.3. The number of hydrogen-bond donors (Lipinski definition) is 0. The molecule has 3 aliphatic rings. The molecule has 5 heteroatoms. The molecule has 3 heterocycles. The van der Waals surface area contributed by atoms with Crippen molar-refractivity contribution in [1.29, 1.82) is 5.26 Å². The highest BCUT2D eigenvalue weighted by atomic mass is 15.3. The number of piperidine rings is 1. The van der Waals surface area contributed by atoms with Crippen LogP contribution in [-0.2, 0) is 13.0 Å². The quantitative estimate of drug-likeness (QED) is 0.612. The Bertz CT molecular complexity index is 1340. The van der Waals surface area contributed by atoms with Gasteiger partial charge in [-0.1, -0.05) is 30.4 Å². The molecule has 1 aromatic carbocycles. The van der Waals surface area contributed by atoms with Crippen LogP contribution in [-0.4, -0.2) is 32.8 Å². The Hall–Kier alpha value is -3.49. The van der Waals surface area contributed by atoms with Crippen molar-refractivity contribution in [1.82, 2.24) is 19.7 Å². The van der Waals surface area contributed by atoms with Crippen LogP contribution in [0.1, 0.15) is 57.7 Å². The zero-order valence-electron chi connectivity index (χ0n) is 18.3. The number of allylic oxidation sites excluding steroid dienone is 1. The fraction of sp³-hybridized carbons (Fsp3) is 0.296. The van der Waals surface area contributed by atoms with Crippen LogP contribution in [0, 0.1) is 18.3 Å². The Kier molecular flexibility index (Phi) is 4.38. The summed E-state index contributed by atoms with van der Waals surface area (Å²) in [4.78, 5) is 6.94. The Labute approximate surface area is 188 Å². The van der Waals surface area contributed by atoms with E-state index in [4.69, 9.17) is 5.26 Å². The first-order valence-electron chi connectivity index (χ1n) is 11.3. The molecule has 0 radical (unpaired) electrons. The van der Waals surface area contributed by atoms with E-state index in [-0.39, 0.29) is 0 Å². The topological polar surface area (TPSA) is 57.7 Å². The Balaban J connectivity index is 1.20. The summed E-state index contributed by atoms with van der Waals surface area (Å²) < 4.78 is 1.81. The minimum absolute atomic E-state index is 0.510. The molecule has 0 saturated carbocycles. The lowest BCUT2D eigenvalue weighted by molar-refractivity contribution is 0.234. The van der Waals surface area contributed by atoms with Gasteiger partial charge in [0.15, 0.2) is 5.82 Å². The van der Waals surface area contributed by atoms with E-state index < -0.39 is 0 Å². The van der Waals surface area contributed by atoms with Crippen LogP contribution in [0.5, 0.6) is 0 Å². The second-order valence-corrected chi connectivity index (χ2v) is 9.22. The first kappa shape index (κ1) is 19.2. The van der Waals surface area contributed by atoms with Gasteiger partial charge in [-0.05, 0) is 65.6 Å². The van der Waals surface area contributed by atoms with Gasteiger partial charge in [0.05, 0.1) is 11.8 Å². The van der Waals surface area contributed by atoms with Crippen molar-refractivity contribution in [3.8, 4) is 11.9 Å². The number of nitriles is 1. The molecule has 32 heavy (non-hydrogen) atoms. The lowest BCUT2D eigenvalue weighted by Gasteiger charge is -2.33. The second kappa shape index (κ2) is 7.29. The van der Waals surface area contributed by atoms with E-state index in [1.165, 1.54) is 33.4 Å². The maximum atomic E-state index is 9.12. The molecule has 5 nitrogen and oxygen atoms in total. The standard InChI is InChI=1S/C27H25N5/c1-17-3-4-23-22(17)5-6-24-25(23)10-20-7-8-31(16-26(20)24)14-19-12-30-32(15-19)27-9-18(2)21(11-28)13-29-27/h5-6,9-10,12-13,15,26H,1,3-4,7-8,14,16H2,2H3. The van der Waals surface area contributed by atoms with E-state index in [0.29, 0.717) is 11.5 Å². The molecule has 2 aromatic heterocycles. The molecule has 0 bridgehead atoms. The van der Waals surface area contributed by atoms with Crippen LogP contribution in [0.4, 0.5) is 0 Å². The maximum Gasteiger partial charge on any atom is 0.153 e.